The minimum absolute atomic E-state index is 0.302. The maximum Gasteiger partial charge on any atom is 0.322 e. The fraction of sp³-hybridized carbons (Fsp3) is 0.385. The van der Waals surface area contributed by atoms with Crippen LogP contribution in [0.2, 0.25) is 0 Å². The number of benzene rings is 1. The number of ether oxygens (including phenoxy) is 1. The second-order valence-electron chi connectivity index (χ2n) is 4.18. The normalized spacial score (nSPS) is 22.0. The molecular weight excluding hydrogens is 264 g/mol. The minimum Gasteiger partial charge on any atom is -0.497 e. The summed E-state index contributed by atoms with van der Waals surface area (Å²) >= 11 is 1.61. The number of hydrogen-bond donors (Lipinski definition) is 2. The van der Waals surface area contributed by atoms with E-state index in [2.05, 4.69) is 10.6 Å². The first-order chi connectivity index (χ1) is 9.12. The molecule has 102 valence electrons. The van der Waals surface area contributed by atoms with Gasteiger partial charge in [-0.15, -0.1) is 0 Å². The van der Waals surface area contributed by atoms with Crippen LogP contribution in [0.1, 0.15) is 12.5 Å². The van der Waals surface area contributed by atoms with E-state index in [1.165, 1.54) is 0 Å². The van der Waals surface area contributed by atoms with Crippen molar-refractivity contribution in [3.63, 3.8) is 0 Å². The zero-order valence-electron chi connectivity index (χ0n) is 10.9. The van der Waals surface area contributed by atoms with E-state index >= 15 is 0 Å². The number of nitrogens with one attached hydrogen (secondary N) is 2. The predicted octanol–water partition coefficient (Wildman–Crippen LogP) is 1.48. The summed E-state index contributed by atoms with van der Waals surface area (Å²) in [7, 11) is 1.59. The molecule has 1 heterocycles. The molecule has 0 spiro atoms. The summed E-state index contributed by atoms with van der Waals surface area (Å²) in [5.74, 6) is 1.80. The van der Waals surface area contributed by atoms with Crippen molar-refractivity contribution in [2.75, 3.05) is 18.6 Å². The Bertz CT molecular complexity index is 489. The quantitative estimate of drug-likeness (QED) is 0.802. The fourth-order valence-electron chi connectivity index (χ4n) is 2.01. The Labute approximate surface area is 116 Å². The van der Waals surface area contributed by atoms with Gasteiger partial charge in [0.05, 0.1) is 7.11 Å². The third-order valence-corrected chi connectivity index (χ3v) is 4.09. The van der Waals surface area contributed by atoms with Crippen molar-refractivity contribution < 1.29 is 14.3 Å². The number of amides is 3. The van der Waals surface area contributed by atoms with Crippen LogP contribution in [0.4, 0.5) is 4.79 Å². The van der Waals surface area contributed by atoms with Gasteiger partial charge in [-0.25, -0.2) is 4.79 Å². The van der Waals surface area contributed by atoms with Gasteiger partial charge in [-0.1, -0.05) is 19.1 Å². The molecule has 0 saturated carbocycles. The Balaban J connectivity index is 2.36. The van der Waals surface area contributed by atoms with Crippen molar-refractivity contribution >= 4 is 23.7 Å². The average Bonchev–Trinajstić information content (AvgIpc) is 2.72. The van der Waals surface area contributed by atoms with Crippen molar-refractivity contribution in [2.24, 2.45) is 0 Å². The Morgan fingerprint density at radius 3 is 2.42 bits per heavy atom. The summed E-state index contributed by atoms with van der Waals surface area (Å²) in [5.41, 5.74) is -0.220. The predicted molar refractivity (Wildman–Crippen MR) is 74.3 cm³/mol. The zero-order valence-corrected chi connectivity index (χ0v) is 11.7. The van der Waals surface area contributed by atoms with E-state index in [0.717, 1.165) is 11.3 Å². The van der Waals surface area contributed by atoms with Gasteiger partial charge >= 0.3 is 6.03 Å². The summed E-state index contributed by atoms with van der Waals surface area (Å²) < 4.78 is 5.10. The highest BCUT2D eigenvalue weighted by molar-refractivity contribution is 7.99. The van der Waals surface area contributed by atoms with Crippen LogP contribution < -0.4 is 15.4 Å². The number of methoxy groups -OCH3 is 1. The average molecular weight is 280 g/mol. The zero-order chi connectivity index (χ0) is 13.9. The molecule has 2 N–H and O–H groups in total. The molecule has 1 atom stereocenters. The number of hydrogen-bond acceptors (Lipinski definition) is 4. The van der Waals surface area contributed by atoms with Gasteiger partial charge < -0.3 is 10.1 Å². The molecule has 1 fully saturated rings. The summed E-state index contributed by atoms with van der Waals surface area (Å²) in [6, 6.07) is 6.73. The Kier molecular flexibility index (Phi) is 3.99. The second-order valence-corrected chi connectivity index (χ2v) is 5.45. The highest BCUT2D eigenvalue weighted by Crippen LogP contribution is 2.30. The standard InChI is InChI=1S/C13H16N2O3S/c1-3-19-8-13(11(16)14-12(17)15-13)9-4-6-10(18-2)7-5-9/h4-7H,3,8H2,1-2H3,(H2,14,15,16,17)/t13-/m1/s1. The topological polar surface area (TPSA) is 67.4 Å². The molecule has 0 unspecified atom stereocenters. The van der Waals surface area contributed by atoms with Gasteiger partial charge in [0.2, 0.25) is 0 Å². The summed E-state index contributed by atoms with van der Waals surface area (Å²) in [6.45, 7) is 2.01. The molecule has 0 aliphatic carbocycles. The van der Waals surface area contributed by atoms with Crippen LogP contribution >= 0.6 is 11.8 Å². The van der Waals surface area contributed by atoms with Crippen molar-refractivity contribution in [3.05, 3.63) is 29.8 Å². The number of carbonyl (C=O) groups excluding carboxylic acids is 2. The van der Waals surface area contributed by atoms with Crippen molar-refractivity contribution in [3.8, 4) is 5.75 Å². The Morgan fingerprint density at radius 2 is 1.95 bits per heavy atom. The molecule has 0 bridgehead atoms. The lowest BCUT2D eigenvalue weighted by molar-refractivity contribution is -0.123. The molecule has 1 aliphatic heterocycles. The number of rotatable bonds is 5. The maximum absolute atomic E-state index is 12.1. The third kappa shape index (κ3) is 2.53. The van der Waals surface area contributed by atoms with Gasteiger partial charge in [0.1, 0.15) is 5.75 Å². The van der Waals surface area contributed by atoms with Gasteiger partial charge in [-0.3, -0.25) is 10.1 Å². The molecule has 1 saturated heterocycles. The van der Waals surface area contributed by atoms with Gasteiger partial charge in [0.25, 0.3) is 5.91 Å². The summed E-state index contributed by atoms with van der Waals surface area (Å²) in [5, 5.41) is 5.05. The fourth-order valence-corrected chi connectivity index (χ4v) is 2.89. The Morgan fingerprint density at radius 1 is 1.26 bits per heavy atom. The monoisotopic (exact) mass is 280 g/mol. The van der Waals surface area contributed by atoms with Crippen LogP contribution in [0.15, 0.2) is 24.3 Å². The highest BCUT2D eigenvalue weighted by atomic mass is 32.2. The minimum atomic E-state index is -0.982. The molecule has 1 aromatic rings. The molecule has 3 amide bonds. The van der Waals surface area contributed by atoms with E-state index in [4.69, 9.17) is 4.74 Å². The molecule has 1 aliphatic rings. The lowest BCUT2D eigenvalue weighted by Crippen LogP contribution is -2.46. The highest BCUT2D eigenvalue weighted by Gasteiger charge is 2.47. The molecule has 6 heteroatoms. The van der Waals surface area contributed by atoms with E-state index in [0.29, 0.717) is 11.5 Å². The number of urea groups is 1. The molecule has 19 heavy (non-hydrogen) atoms. The van der Waals surface area contributed by atoms with Gasteiger partial charge in [0, 0.05) is 5.75 Å². The number of carbonyl (C=O) groups is 2. The van der Waals surface area contributed by atoms with Gasteiger partial charge in [-0.2, -0.15) is 11.8 Å². The lowest BCUT2D eigenvalue weighted by Gasteiger charge is -2.26. The van der Waals surface area contributed by atoms with Crippen LogP contribution in [-0.4, -0.2) is 30.6 Å². The molecular formula is C13H16N2O3S. The lowest BCUT2D eigenvalue weighted by atomic mass is 9.92. The molecule has 0 radical (unpaired) electrons. The second kappa shape index (κ2) is 5.52. The van der Waals surface area contributed by atoms with E-state index in [-0.39, 0.29) is 5.91 Å². The molecule has 2 rings (SSSR count). The van der Waals surface area contributed by atoms with E-state index in [1.54, 1.807) is 43.1 Å². The largest absolute Gasteiger partial charge is 0.497 e. The first kappa shape index (κ1) is 13.7. The third-order valence-electron chi connectivity index (χ3n) is 3.05. The van der Waals surface area contributed by atoms with Crippen LogP contribution in [0.3, 0.4) is 0 Å². The van der Waals surface area contributed by atoms with Crippen molar-refractivity contribution in [1.29, 1.82) is 0 Å². The molecule has 0 aromatic heterocycles. The first-order valence-corrected chi connectivity index (χ1v) is 7.13. The van der Waals surface area contributed by atoms with Crippen molar-refractivity contribution in [1.82, 2.24) is 10.6 Å². The molecule has 1 aromatic carbocycles. The van der Waals surface area contributed by atoms with E-state index in [1.807, 2.05) is 6.92 Å². The summed E-state index contributed by atoms with van der Waals surface area (Å²) in [6.07, 6.45) is 0. The van der Waals surface area contributed by atoms with E-state index < -0.39 is 11.6 Å². The van der Waals surface area contributed by atoms with Crippen LogP contribution in [0.5, 0.6) is 5.75 Å². The first-order valence-electron chi connectivity index (χ1n) is 5.98. The number of thioether (sulfide) groups is 1. The van der Waals surface area contributed by atoms with Crippen LogP contribution in [0, 0.1) is 0 Å². The smallest absolute Gasteiger partial charge is 0.322 e. The molecule has 5 nitrogen and oxygen atoms in total. The van der Waals surface area contributed by atoms with E-state index in [9.17, 15) is 9.59 Å². The summed E-state index contributed by atoms with van der Waals surface area (Å²) in [4.78, 5) is 23.6. The number of imide groups is 1. The van der Waals surface area contributed by atoms with Crippen LogP contribution in [0.25, 0.3) is 0 Å². The maximum atomic E-state index is 12.1. The van der Waals surface area contributed by atoms with Gasteiger partial charge in [0.15, 0.2) is 5.54 Å². The SMILES string of the molecule is CCSC[C@]1(c2ccc(OC)cc2)NC(=O)NC1=O. The van der Waals surface area contributed by atoms with Crippen molar-refractivity contribution in [2.45, 2.75) is 12.5 Å². The van der Waals surface area contributed by atoms with Crippen LogP contribution in [-0.2, 0) is 10.3 Å². The Hall–Kier alpha value is -1.69. The van der Waals surface area contributed by atoms with Gasteiger partial charge in [-0.05, 0) is 23.4 Å².